The number of nitrogens with zero attached hydrogens (tertiary/aromatic N) is 2. The molecule has 142 valence electrons. The molecule has 1 atom stereocenters. The number of hydrogen-bond donors (Lipinski definition) is 1. The van der Waals surface area contributed by atoms with Gasteiger partial charge in [-0.2, -0.15) is 0 Å². The molecule has 1 unspecified atom stereocenters. The van der Waals surface area contributed by atoms with Gasteiger partial charge in [0.1, 0.15) is 0 Å². The van der Waals surface area contributed by atoms with Gasteiger partial charge in [-0.15, -0.1) is 0 Å². The van der Waals surface area contributed by atoms with Crippen molar-refractivity contribution in [3.05, 3.63) is 95.1 Å². The zero-order valence-corrected chi connectivity index (χ0v) is 18.1. The molecule has 0 spiro atoms. The van der Waals surface area contributed by atoms with E-state index >= 15 is 0 Å². The summed E-state index contributed by atoms with van der Waals surface area (Å²) in [6.45, 7) is 0. The van der Waals surface area contributed by atoms with E-state index in [1.165, 1.54) is 0 Å². The molecule has 6 heteroatoms. The molecule has 1 N–H and O–H groups in total. The van der Waals surface area contributed by atoms with Crippen LogP contribution in [0.2, 0.25) is 5.02 Å². The van der Waals surface area contributed by atoms with Gasteiger partial charge in [0.15, 0.2) is 0 Å². The van der Waals surface area contributed by atoms with Gasteiger partial charge in [-0.05, 0) is 0 Å². The van der Waals surface area contributed by atoms with Gasteiger partial charge in [0.2, 0.25) is 0 Å². The molecule has 4 rings (SSSR count). The number of rotatable bonds is 5. The van der Waals surface area contributed by atoms with Gasteiger partial charge in [0.25, 0.3) is 0 Å². The summed E-state index contributed by atoms with van der Waals surface area (Å²) >= 11 is 5.31. The van der Waals surface area contributed by atoms with Gasteiger partial charge in [0, 0.05) is 0 Å². The van der Waals surface area contributed by atoms with Crippen molar-refractivity contribution in [2.45, 2.75) is 0 Å². The van der Waals surface area contributed by atoms with Crippen LogP contribution in [0.4, 0.5) is 5.69 Å². The zero-order valence-electron chi connectivity index (χ0n) is 15.2. The Hall–Kier alpha value is -2.94. The third-order valence-corrected chi connectivity index (χ3v) is 7.58. The van der Waals surface area contributed by atoms with Crippen molar-refractivity contribution >= 4 is 64.8 Å². The first kappa shape index (κ1) is 19.4. The molecule has 0 aliphatic heterocycles. The number of aromatic carboxylic acids is 1. The first-order chi connectivity index (χ1) is 14.1. The molecule has 3 aromatic carbocycles. The number of pyridine rings is 1. The van der Waals surface area contributed by atoms with Gasteiger partial charge in [-0.25, -0.2) is 0 Å². The minimum absolute atomic E-state index is 0.345. The molecular weight excluding hydrogens is 447 g/mol. The van der Waals surface area contributed by atoms with Gasteiger partial charge >= 0.3 is 180 Å². The van der Waals surface area contributed by atoms with Crippen molar-refractivity contribution in [2.75, 3.05) is 0 Å². The standard InChI is InChI=1S/C23H16AsClN2O2/c25-16-9-10-20(24-19-7-3-1-6-18(19)23(28)29)22(13-16)27-14-15-11-12-26-21-8-4-2-5-17(15)21/h1-14,24H,(H,28,29). The molecule has 1 aromatic heterocycles. The summed E-state index contributed by atoms with van der Waals surface area (Å²) in [5.74, 6) is -0.911. The fourth-order valence-electron chi connectivity index (χ4n) is 3.01. The maximum absolute atomic E-state index is 11.5. The van der Waals surface area contributed by atoms with Crippen LogP contribution in [0.5, 0.6) is 0 Å². The Morgan fingerprint density at radius 3 is 2.66 bits per heavy atom. The van der Waals surface area contributed by atoms with Crippen LogP contribution >= 0.6 is 11.6 Å². The van der Waals surface area contributed by atoms with Crippen molar-refractivity contribution in [3.63, 3.8) is 0 Å². The summed E-state index contributed by atoms with van der Waals surface area (Å²) < 4.78 is 1.88. The van der Waals surface area contributed by atoms with Gasteiger partial charge in [-0.1, -0.05) is 0 Å². The Kier molecular flexibility index (Phi) is 5.75. The van der Waals surface area contributed by atoms with Crippen LogP contribution in [-0.4, -0.2) is 38.0 Å². The molecule has 0 amide bonds. The summed E-state index contributed by atoms with van der Waals surface area (Å²) in [5.41, 5.74) is 2.98. The Bertz CT molecular complexity index is 1240. The van der Waals surface area contributed by atoms with E-state index in [9.17, 15) is 9.90 Å². The number of aromatic nitrogens is 1. The SMILES string of the molecule is O=C(O)c1ccccc1[AsH]c1ccc(Cl)cc1N=Cc1ccnc2ccccc12. The third kappa shape index (κ3) is 4.40. The number of halogens is 1. The van der Waals surface area contributed by atoms with E-state index in [0.717, 1.165) is 30.9 Å². The summed E-state index contributed by atoms with van der Waals surface area (Å²) in [5, 5.41) is 11.1. The number of carboxylic acid groups (broad SMARTS) is 1. The Morgan fingerprint density at radius 1 is 1.00 bits per heavy atom. The van der Waals surface area contributed by atoms with Gasteiger partial charge in [0.05, 0.1) is 0 Å². The van der Waals surface area contributed by atoms with Crippen LogP contribution in [0.3, 0.4) is 0 Å². The minimum atomic E-state index is -0.911. The number of hydrogen-bond acceptors (Lipinski definition) is 3. The monoisotopic (exact) mass is 462 g/mol. The first-order valence-corrected chi connectivity index (χ1v) is 11.4. The average Bonchev–Trinajstić information content (AvgIpc) is 2.74. The second-order valence-electron chi connectivity index (χ2n) is 6.31. The van der Waals surface area contributed by atoms with Crippen molar-refractivity contribution < 1.29 is 9.90 Å². The van der Waals surface area contributed by atoms with E-state index in [0.29, 0.717) is 10.6 Å². The van der Waals surface area contributed by atoms with E-state index in [2.05, 4.69) is 4.98 Å². The molecule has 1 heterocycles. The summed E-state index contributed by atoms with van der Waals surface area (Å²) in [4.78, 5) is 20.6. The molecule has 0 radical (unpaired) electrons. The normalized spacial score (nSPS) is 11.6. The zero-order chi connectivity index (χ0) is 20.2. The molecule has 0 bridgehead atoms. The summed E-state index contributed by atoms with van der Waals surface area (Å²) in [6, 6.07) is 22.6. The van der Waals surface area contributed by atoms with Crippen LogP contribution in [0, 0.1) is 0 Å². The molecule has 4 aromatic rings. The quantitative estimate of drug-likeness (QED) is 0.363. The Morgan fingerprint density at radius 2 is 1.79 bits per heavy atom. The predicted molar refractivity (Wildman–Crippen MR) is 120 cm³/mol. The third-order valence-electron chi connectivity index (χ3n) is 4.41. The van der Waals surface area contributed by atoms with E-state index in [4.69, 9.17) is 16.6 Å². The first-order valence-electron chi connectivity index (χ1n) is 8.88. The van der Waals surface area contributed by atoms with E-state index in [-0.39, 0.29) is 0 Å². The van der Waals surface area contributed by atoms with Crippen LogP contribution < -0.4 is 8.70 Å². The fourth-order valence-corrected chi connectivity index (χ4v) is 5.75. The maximum atomic E-state index is 11.5. The van der Waals surface area contributed by atoms with E-state index < -0.39 is 21.7 Å². The van der Waals surface area contributed by atoms with Crippen molar-refractivity contribution in [1.82, 2.24) is 4.98 Å². The van der Waals surface area contributed by atoms with Crippen LogP contribution in [0.25, 0.3) is 10.9 Å². The van der Waals surface area contributed by atoms with Gasteiger partial charge in [-0.3, -0.25) is 0 Å². The van der Waals surface area contributed by atoms with Crippen LogP contribution in [0.15, 0.2) is 84.0 Å². The number of fused-ring (bicyclic) bond motifs is 1. The second-order valence-corrected chi connectivity index (χ2v) is 9.53. The molecule has 0 fully saturated rings. The topological polar surface area (TPSA) is 62.5 Å². The molecule has 0 saturated carbocycles. The molecule has 29 heavy (non-hydrogen) atoms. The number of aliphatic imine (C=N–C) groups is 1. The Balaban J connectivity index is 1.73. The number of benzene rings is 3. The molecule has 0 aliphatic rings. The Labute approximate surface area is 179 Å². The van der Waals surface area contributed by atoms with E-state index in [1.54, 1.807) is 18.3 Å². The summed E-state index contributed by atoms with van der Waals surface area (Å²) in [7, 11) is 0. The molecule has 0 aliphatic carbocycles. The number of para-hydroxylation sites is 1. The van der Waals surface area contributed by atoms with Crippen LogP contribution in [0.1, 0.15) is 15.9 Å². The van der Waals surface area contributed by atoms with Crippen molar-refractivity contribution in [3.8, 4) is 0 Å². The predicted octanol–water partition coefficient (Wildman–Crippen LogP) is 3.72. The molecule has 4 nitrogen and oxygen atoms in total. The van der Waals surface area contributed by atoms with Crippen molar-refractivity contribution in [2.24, 2.45) is 4.99 Å². The fraction of sp³-hybridized carbons (Fsp3) is 0. The second kappa shape index (κ2) is 8.60. The van der Waals surface area contributed by atoms with E-state index in [1.807, 2.05) is 66.9 Å². The van der Waals surface area contributed by atoms with Gasteiger partial charge < -0.3 is 0 Å². The average molecular weight is 463 g/mol. The molecular formula is C23H16AsClN2O2. The summed E-state index contributed by atoms with van der Waals surface area (Å²) in [6.07, 6.45) is 3.58. The number of carboxylic acids is 1. The van der Waals surface area contributed by atoms with Crippen LogP contribution in [-0.2, 0) is 0 Å². The number of carbonyl (C=O) groups is 1. The molecule has 0 saturated heterocycles. The van der Waals surface area contributed by atoms with Crippen molar-refractivity contribution in [1.29, 1.82) is 0 Å².